The van der Waals surface area contributed by atoms with Crippen molar-refractivity contribution in [2.45, 2.75) is 6.10 Å². The number of aromatic amines is 1. The zero-order valence-electron chi connectivity index (χ0n) is 8.63. The molecular formula is C11H13N3O2. The molecule has 1 aromatic heterocycles. The van der Waals surface area contributed by atoms with E-state index >= 15 is 0 Å². The number of benzene rings is 1. The summed E-state index contributed by atoms with van der Waals surface area (Å²) >= 11 is 0. The van der Waals surface area contributed by atoms with E-state index in [1.165, 1.54) is 10.7 Å². The highest BCUT2D eigenvalue weighted by molar-refractivity contribution is 5.30. The van der Waals surface area contributed by atoms with E-state index in [2.05, 4.69) is 5.10 Å². The second-order valence-corrected chi connectivity index (χ2v) is 3.47. The highest BCUT2D eigenvalue weighted by atomic mass is 16.3. The number of aliphatic hydroxyl groups is 1. The van der Waals surface area contributed by atoms with Gasteiger partial charge >= 0.3 is 0 Å². The summed E-state index contributed by atoms with van der Waals surface area (Å²) in [5.41, 5.74) is 6.26. The Balaban J connectivity index is 2.44. The molecule has 1 heterocycles. The summed E-state index contributed by atoms with van der Waals surface area (Å²) in [5, 5.41) is 12.3. The highest BCUT2D eigenvalue weighted by Gasteiger charge is 2.10. The first kappa shape index (κ1) is 10.7. The molecule has 0 aliphatic heterocycles. The van der Waals surface area contributed by atoms with Gasteiger partial charge in [-0.05, 0) is 12.1 Å². The van der Waals surface area contributed by atoms with E-state index in [0.717, 1.165) is 5.69 Å². The first-order valence-corrected chi connectivity index (χ1v) is 4.98. The summed E-state index contributed by atoms with van der Waals surface area (Å²) in [6.07, 6.45) is -0.835. The van der Waals surface area contributed by atoms with Crippen molar-refractivity contribution in [1.82, 2.24) is 9.78 Å². The molecule has 0 aliphatic carbocycles. The summed E-state index contributed by atoms with van der Waals surface area (Å²) in [6, 6.07) is 10.5. The normalized spacial score (nSPS) is 12.6. The number of hydrogen-bond donors (Lipinski definition) is 3. The third kappa shape index (κ3) is 1.91. The minimum atomic E-state index is -0.835. The molecule has 0 bridgehead atoms. The maximum absolute atomic E-state index is 11.6. The lowest BCUT2D eigenvalue weighted by molar-refractivity contribution is 0.181. The molecular weight excluding hydrogens is 206 g/mol. The van der Waals surface area contributed by atoms with Gasteiger partial charge in [0.1, 0.15) is 6.10 Å². The minimum Gasteiger partial charge on any atom is -0.385 e. The van der Waals surface area contributed by atoms with Crippen LogP contribution in [0.1, 0.15) is 11.8 Å². The van der Waals surface area contributed by atoms with Crippen LogP contribution in [0.4, 0.5) is 0 Å². The van der Waals surface area contributed by atoms with Gasteiger partial charge < -0.3 is 10.8 Å². The molecule has 0 radical (unpaired) electrons. The molecule has 0 saturated carbocycles. The van der Waals surface area contributed by atoms with Crippen LogP contribution in [0.15, 0.2) is 41.2 Å². The molecule has 0 fully saturated rings. The van der Waals surface area contributed by atoms with Crippen molar-refractivity contribution in [1.29, 1.82) is 0 Å². The van der Waals surface area contributed by atoms with Crippen molar-refractivity contribution in [3.8, 4) is 5.69 Å². The van der Waals surface area contributed by atoms with Crippen LogP contribution in [0.3, 0.4) is 0 Å². The smallest absolute Gasteiger partial charge is 0.271 e. The Bertz CT molecular complexity index is 516. The molecule has 1 aromatic carbocycles. The molecule has 2 rings (SSSR count). The fourth-order valence-corrected chi connectivity index (χ4v) is 1.48. The van der Waals surface area contributed by atoms with E-state index in [1.54, 1.807) is 12.1 Å². The monoisotopic (exact) mass is 219 g/mol. The van der Waals surface area contributed by atoms with Gasteiger partial charge in [0.2, 0.25) is 0 Å². The number of para-hydroxylation sites is 1. The van der Waals surface area contributed by atoms with Gasteiger partial charge in [-0.25, -0.2) is 4.68 Å². The molecule has 0 aliphatic rings. The Morgan fingerprint density at radius 2 is 2.06 bits per heavy atom. The van der Waals surface area contributed by atoms with Gasteiger partial charge in [0.15, 0.2) is 0 Å². The maximum Gasteiger partial charge on any atom is 0.271 e. The number of aliphatic hydroxyl groups excluding tert-OH is 1. The second kappa shape index (κ2) is 4.34. The van der Waals surface area contributed by atoms with Crippen LogP contribution < -0.4 is 11.3 Å². The Hall–Kier alpha value is -1.85. The summed E-state index contributed by atoms with van der Waals surface area (Å²) in [7, 11) is 0. The van der Waals surface area contributed by atoms with E-state index in [1.807, 2.05) is 18.2 Å². The van der Waals surface area contributed by atoms with Crippen LogP contribution in [0, 0.1) is 0 Å². The van der Waals surface area contributed by atoms with Gasteiger partial charge in [-0.3, -0.25) is 9.89 Å². The fourth-order valence-electron chi connectivity index (χ4n) is 1.48. The third-order valence-electron chi connectivity index (χ3n) is 2.34. The molecule has 1 atom stereocenters. The zero-order chi connectivity index (χ0) is 11.5. The van der Waals surface area contributed by atoms with Crippen molar-refractivity contribution in [3.05, 3.63) is 52.4 Å². The van der Waals surface area contributed by atoms with Gasteiger partial charge in [-0.2, -0.15) is 0 Å². The van der Waals surface area contributed by atoms with Crippen LogP contribution in [-0.4, -0.2) is 21.4 Å². The third-order valence-corrected chi connectivity index (χ3v) is 2.34. The topological polar surface area (TPSA) is 84.0 Å². The Kier molecular flexibility index (Phi) is 2.89. The van der Waals surface area contributed by atoms with E-state index in [-0.39, 0.29) is 12.1 Å². The molecule has 16 heavy (non-hydrogen) atoms. The van der Waals surface area contributed by atoms with Crippen molar-refractivity contribution < 1.29 is 5.11 Å². The molecule has 0 saturated heterocycles. The summed E-state index contributed by atoms with van der Waals surface area (Å²) in [5.74, 6) is 0. The Labute approximate surface area is 92.1 Å². The van der Waals surface area contributed by atoms with Gasteiger partial charge in [0.05, 0.1) is 11.4 Å². The predicted molar refractivity (Wildman–Crippen MR) is 60.4 cm³/mol. The van der Waals surface area contributed by atoms with E-state index < -0.39 is 6.10 Å². The van der Waals surface area contributed by atoms with Crippen LogP contribution >= 0.6 is 0 Å². The van der Waals surface area contributed by atoms with Crippen LogP contribution in [0.2, 0.25) is 0 Å². The number of nitrogens with one attached hydrogen (secondary N) is 1. The standard InChI is InChI=1S/C11H13N3O2/c12-7-10(15)9-6-11(16)14(13-9)8-4-2-1-3-5-8/h1-6,10,13,15H,7,12H2. The van der Waals surface area contributed by atoms with E-state index in [4.69, 9.17) is 5.73 Å². The summed E-state index contributed by atoms with van der Waals surface area (Å²) in [6.45, 7) is 0.0781. The number of rotatable bonds is 3. The number of nitrogens with zero attached hydrogens (tertiary/aromatic N) is 1. The molecule has 5 heteroatoms. The van der Waals surface area contributed by atoms with Gasteiger partial charge in [-0.15, -0.1) is 0 Å². The lowest BCUT2D eigenvalue weighted by atomic mass is 10.3. The van der Waals surface area contributed by atoms with Crippen LogP contribution in [-0.2, 0) is 0 Å². The van der Waals surface area contributed by atoms with Gasteiger partial charge in [0.25, 0.3) is 5.56 Å². The minimum absolute atomic E-state index is 0.0781. The van der Waals surface area contributed by atoms with Gasteiger partial charge in [0, 0.05) is 12.6 Å². The summed E-state index contributed by atoms with van der Waals surface area (Å²) < 4.78 is 1.37. The zero-order valence-corrected chi connectivity index (χ0v) is 8.63. The fraction of sp³-hybridized carbons (Fsp3) is 0.182. The molecule has 0 spiro atoms. The average Bonchev–Trinajstić information content (AvgIpc) is 2.71. The molecule has 0 amide bonds. The first-order chi connectivity index (χ1) is 7.72. The molecule has 2 aromatic rings. The van der Waals surface area contributed by atoms with E-state index in [9.17, 15) is 9.90 Å². The number of aromatic nitrogens is 2. The SMILES string of the molecule is NCC(O)c1cc(=O)n(-c2ccccc2)[nH]1. The van der Waals surface area contributed by atoms with Crippen molar-refractivity contribution in [2.24, 2.45) is 5.73 Å². The van der Waals surface area contributed by atoms with E-state index in [0.29, 0.717) is 5.69 Å². The highest BCUT2D eigenvalue weighted by Crippen LogP contribution is 2.08. The predicted octanol–water partition coefficient (Wildman–Crippen LogP) is 0.158. The quantitative estimate of drug-likeness (QED) is 0.687. The number of nitrogens with two attached hydrogens (primary N) is 1. The Morgan fingerprint density at radius 1 is 1.38 bits per heavy atom. The summed E-state index contributed by atoms with van der Waals surface area (Å²) in [4.78, 5) is 11.6. The van der Waals surface area contributed by atoms with Crippen LogP contribution in [0.5, 0.6) is 0 Å². The maximum atomic E-state index is 11.6. The average molecular weight is 219 g/mol. The number of H-pyrrole nitrogens is 1. The largest absolute Gasteiger partial charge is 0.385 e. The second-order valence-electron chi connectivity index (χ2n) is 3.47. The number of hydrogen-bond acceptors (Lipinski definition) is 3. The Morgan fingerprint density at radius 3 is 2.69 bits per heavy atom. The van der Waals surface area contributed by atoms with Gasteiger partial charge in [-0.1, -0.05) is 18.2 Å². The lowest BCUT2D eigenvalue weighted by Crippen LogP contribution is -2.13. The van der Waals surface area contributed by atoms with Crippen molar-refractivity contribution in [2.75, 3.05) is 6.54 Å². The molecule has 84 valence electrons. The first-order valence-electron chi connectivity index (χ1n) is 4.98. The molecule has 4 N–H and O–H groups in total. The van der Waals surface area contributed by atoms with Crippen molar-refractivity contribution in [3.63, 3.8) is 0 Å². The van der Waals surface area contributed by atoms with Crippen LogP contribution in [0.25, 0.3) is 5.69 Å². The molecule has 1 unspecified atom stereocenters. The molecule has 5 nitrogen and oxygen atoms in total. The van der Waals surface area contributed by atoms with Crippen molar-refractivity contribution >= 4 is 0 Å². The lowest BCUT2D eigenvalue weighted by Gasteiger charge is -2.04.